The van der Waals surface area contributed by atoms with Crippen LogP contribution in [-0.2, 0) is 5.75 Å². The van der Waals surface area contributed by atoms with Crippen LogP contribution in [0.5, 0.6) is 0 Å². The van der Waals surface area contributed by atoms with Gasteiger partial charge in [0.25, 0.3) is 5.56 Å². The summed E-state index contributed by atoms with van der Waals surface area (Å²) in [5.74, 6) is -0.889. The molecule has 0 saturated heterocycles. The highest BCUT2D eigenvalue weighted by Gasteiger charge is 2.07. The first-order valence-electron chi connectivity index (χ1n) is 6.19. The van der Waals surface area contributed by atoms with Crippen molar-refractivity contribution in [2.24, 2.45) is 0 Å². The zero-order valence-electron chi connectivity index (χ0n) is 10.8. The Morgan fingerprint density at radius 2 is 2.00 bits per heavy atom. The van der Waals surface area contributed by atoms with Gasteiger partial charge in [0.15, 0.2) is 0 Å². The highest BCUT2D eigenvalue weighted by atomic mass is 32.2. The van der Waals surface area contributed by atoms with E-state index in [-0.39, 0.29) is 5.56 Å². The maximum Gasteiger partial charge on any atom is 0.258 e. The molecule has 0 atom stereocenters. The van der Waals surface area contributed by atoms with Crippen LogP contribution in [-0.4, -0.2) is 9.38 Å². The zero-order chi connectivity index (χ0) is 14.8. The van der Waals surface area contributed by atoms with Crippen molar-refractivity contribution in [3.05, 3.63) is 76.3 Å². The molecular weight excluding hydrogens is 294 g/mol. The number of nitrogens with zero attached hydrogens (tertiary/aromatic N) is 2. The number of hydrogen-bond acceptors (Lipinski definition) is 3. The maximum atomic E-state index is 13.5. The van der Waals surface area contributed by atoms with E-state index in [1.165, 1.54) is 34.4 Å². The number of thioether (sulfide) groups is 1. The fourth-order valence-corrected chi connectivity index (χ4v) is 2.73. The molecule has 3 rings (SSSR count). The van der Waals surface area contributed by atoms with Gasteiger partial charge in [-0.05, 0) is 24.3 Å². The Morgan fingerprint density at radius 1 is 1.14 bits per heavy atom. The Balaban J connectivity index is 1.87. The van der Waals surface area contributed by atoms with Gasteiger partial charge in [-0.3, -0.25) is 9.20 Å². The van der Waals surface area contributed by atoms with E-state index in [9.17, 15) is 13.6 Å². The van der Waals surface area contributed by atoms with Crippen molar-refractivity contribution >= 4 is 17.4 Å². The summed E-state index contributed by atoms with van der Waals surface area (Å²) in [5, 5.41) is 0. The minimum absolute atomic E-state index is 0.184. The second kappa shape index (κ2) is 5.65. The SMILES string of the molecule is O=c1cc(CSc2ccc(F)cc2F)nc2ccccn12. The van der Waals surface area contributed by atoms with Gasteiger partial charge in [0, 0.05) is 29.0 Å². The van der Waals surface area contributed by atoms with Crippen LogP contribution < -0.4 is 5.56 Å². The lowest BCUT2D eigenvalue weighted by molar-refractivity contribution is 0.565. The summed E-state index contributed by atoms with van der Waals surface area (Å²) >= 11 is 1.17. The molecule has 21 heavy (non-hydrogen) atoms. The predicted octanol–water partition coefficient (Wildman–Crippen LogP) is 3.27. The third-order valence-corrected chi connectivity index (χ3v) is 3.98. The minimum Gasteiger partial charge on any atom is -0.269 e. The average molecular weight is 304 g/mol. The zero-order valence-corrected chi connectivity index (χ0v) is 11.6. The van der Waals surface area contributed by atoms with E-state index in [1.807, 2.05) is 0 Å². The molecule has 1 aromatic carbocycles. The second-order valence-corrected chi connectivity index (χ2v) is 5.40. The molecule has 0 aliphatic carbocycles. The molecule has 106 valence electrons. The van der Waals surface area contributed by atoms with Crippen molar-refractivity contribution in [2.45, 2.75) is 10.6 Å². The quantitative estimate of drug-likeness (QED) is 0.697. The van der Waals surface area contributed by atoms with Gasteiger partial charge in [0.1, 0.15) is 17.3 Å². The Labute approximate surface area is 123 Å². The number of rotatable bonds is 3. The summed E-state index contributed by atoms with van der Waals surface area (Å²) in [5.41, 5.74) is 0.913. The largest absolute Gasteiger partial charge is 0.269 e. The topological polar surface area (TPSA) is 34.4 Å². The number of hydrogen-bond donors (Lipinski definition) is 0. The summed E-state index contributed by atoms with van der Waals surface area (Å²) < 4.78 is 27.8. The van der Waals surface area contributed by atoms with Crippen molar-refractivity contribution < 1.29 is 8.78 Å². The van der Waals surface area contributed by atoms with Gasteiger partial charge in [0.05, 0.1) is 5.69 Å². The molecule has 3 nitrogen and oxygen atoms in total. The lowest BCUT2D eigenvalue weighted by Gasteiger charge is -2.05. The average Bonchev–Trinajstić information content (AvgIpc) is 2.46. The third kappa shape index (κ3) is 2.95. The van der Waals surface area contributed by atoms with E-state index < -0.39 is 11.6 Å². The van der Waals surface area contributed by atoms with Crippen LogP contribution in [0.3, 0.4) is 0 Å². The van der Waals surface area contributed by atoms with Gasteiger partial charge in [-0.25, -0.2) is 13.8 Å². The van der Waals surface area contributed by atoms with Crippen LogP contribution in [0.1, 0.15) is 5.69 Å². The molecule has 0 radical (unpaired) electrons. The minimum atomic E-state index is -0.613. The van der Waals surface area contributed by atoms with Crippen LogP contribution in [0.15, 0.2) is 58.4 Å². The highest BCUT2D eigenvalue weighted by Crippen LogP contribution is 2.25. The monoisotopic (exact) mass is 304 g/mol. The maximum absolute atomic E-state index is 13.5. The van der Waals surface area contributed by atoms with Crippen molar-refractivity contribution in [3.63, 3.8) is 0 Å². The molecule has 0 aliphatic rings. The first-order valence-corrected chi connectivity index (χ1v) is 7.17. The van der Waals surface area contributed by atoms with Gasteiger partial charge in [-0.2, -0.15) is 0 Å². The molecule has 0 N–H and O–H groups in total. The number of fused-ring (bicyclic) bond motifs is 1. The van der Waals surface area contributed by atoms with E-state index in [2.05, 4.69) is 4.98 Å². The number of halogens is 2. The van der Waals surface area contributed by atoms with Gasteiger partial charge in [0.2, 0.25) is 0 Å². The van der Waals surface area contributed by atoms with Gasteiger partial charge < -0.3 is 0 Å². The first kappa shape index (κ1) is 13.8. The van der Waals surface area contributed by atoms with E-state index >= 15 is 0 Å². The smallest absolute Gasteiger partial charge is 0.258 e. The third-order valence-electron chi connectivity index (χ3n) is 2.89. The van der Waals surface area contributed by atoms with E-state index in [0.717, 1.165) is 6.07 Å². The summed E-state index contributed by atoms with van der Waals surface area (Å²) in [6, 6.07) is 10.1. The molecule has 0 spiro atoms. The van der Waals surface area contributed by atoms with E-state index in [4.69, 9.17) is 0 Å². The molecule has 2 heterocycles. The summed E-state index contributed by atoms with van der Waals surface area (Å²) in [7, 11) is 0. The van der Waals surface area contributed by atoms with Crippen molar-refractivity contribution in [1.29, 1.82) is 0 Å². The Bertz CT molecular complexity index is 864. The van der Waals surface area contributed by atoms with E-state index in [0.29, 0.717) is 22.0 Å². The number of benzene rings is 1. The van der Waals surface area contributed by atoms with Crippen LogP contribution in [0, 0.1) is 11.6 Å². The Morgan fingerprint density at radius 3 is 2.81 bits per heavy atom. The molecule has 3 aromatic rings. The number of pyridine rings is 1. The Kier molecular flexibility index (Phi) is 3.70. The van der Waals surface area contributed by atoms with Crippen LogP contribution >= 0.6 is 11.8 Å². The molecule has 0 unspecified atom stereocenters. The summed E-state index contributed by atoms with van der Waals surface area (Å²) in [6.45, 7) is 0. The lowest BCUT2D eigenvalue weighted by atomic mass is 10.3. The molecular formula is C15H10F2N2OS. The standard InChI is InChI=1S/C15H10F2N2OS/c16-10-4-5-13(12(17)7-10)21-9-11-8-15(20)19-6-2-1-3-14(19)18-11/h1-8H,9H2. The van der Waals surface area contributed by atoms with Crippen LogP contribution in [0.4, 0.5) is 8.78 Å². The lowest BCUT2D eigenvalue weighted by Crippen LogP contribution is -2.14. The van der Waals surface area contributed by atoms with E-state index in [1.54, 1.807) is 24.4 Å². The fraction of sp³-hybridized carbons (Fsp3) is 0.0667. The van der Waals surface area contributed by atoms with Crippen molar-refractivity contribution in [1.82, 2.24) is 9.38 Å². The van der Waals surface area contributed by atoms with Crippen molar-refractivity contribution in [2.75, 3.05) is 0 Å². The molecule has 6 heteroatoms. The van der Waals surface area contributed by atoms with Crippen LogP contribution in [0.25, 0.3) is 5.65 Å². The fourth-order valence-electron chi connectivity index (χ4n) is 1.92. The number of aromatic nitrogens is 2. The summed E-state index contributed by atoms with van der Waals surface area (Å²) in [6.07, 6.45) is 1.64. The highest BCUT2D eigenvalue weighted by molar-refractivity contribution is 7.98. The van der Waals surface area contributed by atoms with Gasteiger partial charge in [-0.1, -0.05) is 6.07 Å². The summed E-state index contributed by atoms with van der Waals surface area (Å²) in [4.78, 5) is 16.6. The van der Waals surface area contributed by atoms with Crippen molar-refractivity contribution in [3.8, 4) is 0 Å². The molecule has 0 fully saturated rings. The van der Waals surface area contributed by atoms with Crippen LogP contribution in [0.2, 0.25) is 0 Å². The second-order valence-electron chi connectivity index (χ2n) is 4.38. The molecule has 2 aromatic heterocycles. The van der Waals surface area contributed by atoms with Gasteiger partial charge >= 0.3 is 0 Å². The molecule has 0 saturated carbocycles. The predicted molar refractivity (Wildman–Crippen MR) is 77.4 cm³/mol. The van der Waals surface area contributed by atoms with Gasteiger partial charge in [-0.15, -0.1) is 11.8 Å². The first-order chi connectivity index (χ1) is 10.1. The molecule has 0 aliphatic heterocycles. The normalized spacial score (nSPS) is 11.0. The molecule has 0 bridgehead atoms. The molecule has 0 amide bonds. The Hall–Kier alpha value is -2.21.